The summed E-state index contributed by atoms with van der Waals surface area (Å²) in [4.78, 5) is 25.7. The van der Waals surface area contributed by atoms with E-state index >= 15 is 0 Å². The highest BCUT2D eigenvalue weighted by molar-refractivity contribution is 8.00. The number of nitrogens with one attached hydrogen (secondary N) is 2. The van der Waals surface area contributed by atoms with Gasteiger partial charge in [0, 0.05) is 21.7 Å². The van der Waals surface area contributed by atoms with Crippen LogP contribution in [-0.2, 0) is 4.79 Å². The number of amides is 2. The van der Waals surface area contributed by atoms with Crippen LogP contribution in [0.5, 0.6) is 11.5 Å². The minimum atomic E-state index is -0.344. The highest BCUT2D eigenvalue weighted by atomic mass is 35.5. The van der Waals surface area contributed by atoms with Gasteiger partial charge in [-0.25, -0.2) is 0 Å². The van der Waals surface area contributed by atoms with Crippen molar-refractivity contribution in [3.63, 3.8) is 0 Å². The second kappa shape index (κ2) is 11.5. The van der Waals surface area contributed by atoms with Gasteiger partial charge < -0.3 is 20.1 Å². The van der Waals surface area contributed by atoms with Gasteiger partial charge in [0.15, 0.2) is 0 Å². The van der Waals surface area contributed by atoms with Crippen LogP contribution in [0.4, 0.5) is 11.4 Å². The van der Waals surface area contributed by atoms with E-state index in [2.05, 4.69) is 10.6 Å². The zero-order valence-electron chi connectivity index (χ0n) is 17.6. The summed E-state index contributed by atoms with van der Waals surface area (Å²) >= 11 is 19.4. The van der Waals surface area contributed by atoms with Crippen molar-refractivity contribution in [2.45, 2.75) is 4.90 Å². The van der Waals surface area contributed by atoms with E-state index in [4.69, 9.17) is 44.3 Å². The molecule has 0 spiro atoms. The molecular weight excluding hydrogens is 507 g/mol. The quantitative estimate of drug-likeness (QED) is 0.322. The highest BCUT2D eigenvalue weighted by Crippen LogP contribution is 2.36. The number of rotatable bonds is 8. The van der Waals surface area contributed by atoms with E-state index in [0.29, 0.717) is 38.5 Å². The van der Waals surface area contributed by atoms with Gasteiger partial charge in [0.05, 0.1) is 41.3 Å². The summed E-state index contributed by atoms with van der Waals surface area (Å²) in [7, 11) is 2.99. The third kappa shape index (κ3) is 6.71. The van der Waals surface area contributed by atoms with Crippen molar-refractivity contribution in [2.24, 2.45) is 0 Å². The summed E-state index contributed by atoms with van der Waals surface area (Å²) in [6, 6.07) is 15.0. The Morgan fingerprint density at radius 2 is 1.55 bits per heavy atom. The first-order valence-electron chi connectivity index (χ1n) is 9.51. The lowest BCUT2D eigenvalue weighted by Crippen LogP contribution is -2.15. The normalized spacial score (nSPS) is 10.5. The van der Waals surface area contributed by atoms with E-state index < -0.39 is 0 Å². The monoisotopic (exact) mass is 524 g/mol. The predicted molar refractivity (Wildman–Crippen MR) is 135 cm³/mol. The molecule has 0 aliphatic carbocycles. The Bertz CT molecular complexity index is 1170. The number of methoxy groups -OCH3 is 2. The summed E-state index contributed by atoms with van der Waals surface area (Å²) < 4.78 is 10.4. The van der Waals surface area contributed by atoms with Crippen LogP contribution in [0.15, 0.2) is 59.5 Å². The maximum absolute atomic E-state index is 12.4. The largest absolute Gasteiger partial charge is 0.495 e. The van der Waals surface area contributed by atoms with Gasteiger partial charge in [-0.15, -0.1) is 11.8 Å². The molecule has 0 radical (unpaired) electrons. The SMILES string of the molecule is COc1cc(OC)c(NC(=O)CSc2ccc(NC(=O)c3ccc(Cl)cc3Cl)cc2)cc1Cl. The van der Waals surface area contributed by atoms with Crippen LogP contribution in [0.2, 0.25) is 15.1 Å². The molecule has 3 rings (SSSR count). The average Bonchev–Trinajstić information content (AvgIpc) is 2.78. The van der Waals surface area contributed by atoms with Gasteiger partial charge in [-0.2, -0.15) is 0 Å². The molecule has 0 atom stereocenters. The third-order valence-corrected chi connectivity index (χ3v) is 6.26. The molecular formula is C23H19Cl3N2O4S. The molecule has 6 nitrogen and oxygen atoms in total. The predicted octanol–water partition coefficient (Wildman–Crippen LogP) is 6.65. The summed E-state index contributed by atoms with van der Waals surface area (Å²) in [6.07, 6.45) is 0. The van der Waals surface area contributed by atoms with Crippen LogP contribution in [0, 0.1) is 0 Å². The molecule has 2 N–H and O–H groups in total. The van der Waals surface area contributed by atoms with Gasteiger partial charge in [0.1, 0.15) is 11.5 Å². The molecule has 0 saturated carbocycles. The van der Waals surface area contributed by atoms with E-state index in [1.807, 2.05) is 12.1 Å². The fourth-order valence-corrected chi connectivity index (χ4v) is 4.23. The van der Waals surface area contributed by atoms with E-state index in [-0.39, 0.29) is 22.6 Å². The molecule has 3 aromatic carbocycles. The van der Waals surface area contributed by atoms with Gasteiger partial charge >= 0.3 is 0 Å². The number of halogens is 3. The Morgan fingerprint density at radius 1 is 0.848 bits per heavy atom. The molecule has 10 heteroatoms. The molecule has 0 aliphatic rings. The second-order valence-electron chi connectivity index (χ2n) is 6.63. The van der Waals surface area contributed by atoms with Gasteiger partial charge in [0.2, 0.25) is 5.91 Å². The van der Waals surface area contributed by atoms with Crippen LogP contribution in [0.25, 0.3) is 0 Å². The average molecular weight is 526 g/mol. The topological polar surface area (TPSA) is 76.7 Å². The first-order chi connectivity index (χ1) is 15.8. The number of carbonyl (C=O) groups is 2. The smallest absolute Gasteiger partial charge is 0.257 e. The maximum Gasteiger partial charge on any atom is 0.257 e. The molecule has 0 unspecified atom stereocenters. The summed E-state index contributed by atoms with van der Waals surface area (Å²) in [5, 5.41) is 6.65. The second-order valence-corrected chi connectivity index (χ2v) is 8.93. The zero-order valence-corrected chi connectivity index (χ0v) is 20.7. The lowest BCUT2D eigenvalue weighted by molar-refractivity contribution is -0.113. The maximum atomic E-state index is 12.4. The fourth-order valence-electron chi connectivity index (χ4n) is 2.80. The van der Waals surface area contributed by atoms with Crippen LogP contribution in [0.3, 0.4) is 0 Å². The van der Waals surface area contributed by atoms with Gasteiger partial charge in [0.25, 0.3) is 5.91 Å². The first kappa shape index (κ1) is 25.1. The fraction of sp³-hybridized carbons (Fsp3) is 0.130. The van der Waals surface area contributed by atoms with Crippen LogP contribution in [0.1, 0.15) is 10.4 Å². The lowest BCUT2D eigenvalue weighted by atomic mass is 10.2. The number of benzene rings is 3. The number of hydrogen-bond donors (Lipinski definition) is 2. The van der Waals surface area contributed by atoms with Crippen molar-refractivity contribution in [1.29, 1.82) is 0 Å². The lowest BCUT2D eigenvalue weighted by Gasteiger charge is -2.13. The number of anilines is 2. The molecule has 0 aliphatic heterocycles. The van der Waals surface area contributed by atoms with Gasteiger partial charge in [-0.05, 0) is 48.5 Å². The number of ether oxygens (including phenoxy) is 2. The highest BCUT2D eigenvalue weighted by Gasteiger charge is 2.14. The number of thioether (sulfide) groups is 1. The number of hydrogen-bond acceptors (Lipinski definition) is 5. The number of carbonyl (C=O) groups excluding carboxylic acids is 2. The van der Waals surface area contributed by atoms with Crippen molar-refractivity contribution in [1.82, 2.24) is 0 Å². The van der Waals surface area contributed by atoms with Crippen molar-refractivity contribution in [3.05, 3.63) is 75.2 Å². The Morgan fingerprint density at radius 3 is 2.18 bits per heavy atom. The van der Waals surface area contributed by atoms with Gasteiger partial charge in [-0.3, -0.25) is 9.59 Å². The standard InChI is InChI=1S/C23H19Cl3N2O4S/c1-31-20-11-21(32-2)19(10-18(20)26)28-22(29)12-33-15-6-4-14(5-7-15)27-23(30)16-8-3-13(24)9-17(16)25/h3-11H,12H2,1-2H3,(H,27,30)(H,28,29). The molecule has 0 fully saturated rings. The van der Waals surface area contributed by atoms with Crippen molar-refractivity contribution in [3.8, 4) is 11.5 Å². The Hall–Kier alpha value is -2.58. The van der Waals surface area contributed by atoms with Crippen molar-refractivity contribution in [2.75, 3.05) is 30.6 Å². The van der Waals surface area contributed by atoms with Gasteiger partial charge in [-0.1, -0.05) is 34.8 Å². The molecule has 2 amide bonds. The Labute approximate surface area is 210 Å². The minimum absolute atomic E-state index is 0.166. The van der Waals surface area contributed by atoms with Crippen molar-refractivity contribution >= 4 is 69.8 Å². The summed E-state index contributed by atoms with van der Waals surface area (Å²) in [6.45, 7) is 0. The van der Waals surface area contributed by atoms with Crippen LogP contribution >= 0.6 is 46.6 Å². The van der Waals surface area contributed by atoms with E-state index in [1.165, 1.54) is 32.0 Å². The summed E-state index contributed by atoms with van der Waals surface area (Å²) in [5.41, 5.74) is 1.37. The Kier molecular flexibility index (Phi) is 8.74. The van der Waals surface area contributed by atoms with Crippen LogP contribution < -0.4 is 20.1 Å². The van der Waals surface area contributed by atoms with E-state index in [1.54, 1.807) is 36.4 Å². The first-order valence-corrected chi connectivity index (χ1v) is 11.6. The molecule has 0 aromatic heterocycles. The molecule has 0 heterocycles. The minimum Gasteiger partial charge on any atom is -0.495 e. The van der Waals surface area contributed by atoms with E-state index in [9.17, 15) is 9.59 Å². The van der Waals surface area contributed by atoms with E-state index in [0.717, 1.165) is 4.90 Å². The summed E-state index contributed by atoms with van der Waals surface area (Å²) in [5.74, 6) is 0.485. The Balaban J connectivity index is 1.57. The molecule has 3 aromatic rings. The van der Waals surface area contributed by atoms with Crippen LogP contribution in [-0.4, -0.2) is 31.8 Å². The molecule has 33 heavy (non-hydrogen) atoms. The molecule has 0 saturated heterocycles. The zero-order chi connectivity index (χ0) is 24.0. The molecule has 172 valence electrons. The van der Waals surface area contributed by atoms with Crippen molar-refractivity contribution < 1.29 is 19.1 Å². The third-order valence-electron chi connectivity index (χ3n) is 4.41. The molecule has 0 bridgehead atoms.